The molecule has 3 rings (SSSR count). The molecule has 136 valence electrons. The number of hydrogen-bond donors (Lipinski definition) is 2. The first-order valence-electron chi connectivity index (χ1n) is 7.37. The molecule has 1 atom stereocenters. The van der Waals surface area contributed by atoms with Crippen LogP contribution >= 0.6 is 12.6 Å². The predicted molar refractivity (Wildman–Crippen MR) is 95.3 cm³/mol. The van der Waals surface area contributed by atoms with Crippen LogP contribution in [0.5, 0.6) is 11.5 Å². The van der Waals surface area contributed by atoms with Gasteiger partial charge in [0.05, 0.1) is 22.7 Å². The molecule has 2 aromatic carbocycles. The summed E-state index contributed by atoms with van der Waals surface area (Å²) in [5.74, 6) is 0.214. The zero-order valence-electron chi connectivity index (χ0n) is 13.6. The average Bonchev–Trinajstić information content (AvgIpc) is 2.97. The van der Waals surface area contributed by atoms with E-state index in [4.69, 9.17) is 15.2 Å². The van der Waals surface area contributed by atoms with Crippen LogP contribution in [0.2, 0.25) is 0 Å². The van der Waals surface area contributed by atoms with Crippen molar-refractivity contribution in [3.63, 3.8) is 0 Å². The Morgan fingerprint density at radius 2 is 1.73 bits per heavy atom. The number of carbonyl (C=O) groups excluding carboxylic acids is 1. The van der Waals surface area contributed by atoms with Crippen molar-refractivity contribution >= 4 is 28.4 Å². The average molecular weight is 393 g/mol. The van der Waals surface area contributed by atoms with Crippen LogP contribution < -0.4 is 25.9 Å². The van der Waals surface area contributed by atoms with Gasteiger partial charge >= 0.3 is 4.33 Å². The van der Waals surface area contributed by atoms with Crippen molar-refractivity contribution in [2.75, 3.05) is 13.7 Å². The Kier molecular flexibility index (Phi) is 4.63. The zero-order chi connectivity index (χ0) is 18.9. The highest BCUT2D eigenvalue weighted by Crippen LogP contribution is 2.33. The Hall–Kier alpha value is -2.59. The molecular formula is C16H15N3O5S2. The van der Waals surface area contributed by atoms with Gasteiger partial charge in [-0.2, -0.15) is 0 Å². The maximum atomic E-state index is 12.9. The van der Waals surface area contributed by atoms with Gasteiger partial charge in [0.15, 0.2) is 6.61 Å². The second-order valence-corrected chi connectivity index (χ2v) is 8.36. The quantitative estimate of drug-likeness (QED) is 0.660. The number of hydrogen-bond acceptors (Lipinski definition) is 8. The van der Waals surface area contributed by atoms with E-state index in [1.165, 1.54) is 31.4 Å². The number of nitrogens with two attached hydrogens (primary N) is 1. The van der Waals surface area contributed by atoms with Gasteiger partial charge in [-0.1, -0.05) is 0 Å². The van der Waals surface area contributed by atoms with E-state index in [9.17, 15) is 13.2 Å². The van der Waals surface area contributed by atoms with Crippen molar-refractivity contribution in [3.05, 3.63) is 53.2 Å². The third-order valence-corrected chi connectivity index (χ3v) is 6.31. The van der Waals surface area contributed by atoms with E-state index in [2.05, 4.69) is 22.6 Å². The molecule has 0 saturated heterocycles. The summed E-state index contributed by atoms with van der Waals surface area (Å²) in [6.45, 7) is -0.301. The maximum Gasteiger partial charge on any atom is 0.303 e. The predicted octanol–water partition coefficient (Wildman–Crippen LogP) is -0.173. The third kappa shape index (κ3) is 3.25. The monoisotopic (exact) mass is 393 g/mol. The normalized spacial score (nSPS) is 18.4. The highest BCUT2D eigenvalue weighted by molar-refractivity contribution is 8.06. The fourth-order valence-electron chi connectivity index (χ4n) is 2.30. The van der Waals surface area contributed by atoms with Crippen LogP contribution in [-0.2, 0) is 14.6 Å². The molecular weight excluding hydrogens is 378 g/mol. The minimum atomic E-state index is -4.03. The van der Waals surface area contributed by atoms with E-state index in [-0.39, 0.29) is 11.5 Å². The van der Waals surface area contributed by atoms with Gasteiger partial charge in [-0.25, -0.2) is 18.4 Å². The summed E-state index contributed by atoms with van der Waals surface area (Å²) in [4.78, 5) is 19.0. The number of sulfone groups is 1. The number of rotatable bonds is 6. The van der Waals surface area contributed by atoms with Crippen LogP contribution in [0.1, 0.15) is 0 Å². The van der Waals surface area contributed by atoms with Gasteiger partial charge in [0.25, 0.3) is 5.91 Å². The molecule has 0 aliphatic carbocycles. The molecule has 8 nitrogen and oxygen atoms in total. The molecule has 2 N–H and O–H groups in total. The van der Waals surface area contributed by atoms with Gasteiger partial charge in [-0.05, 0) is 36.4 Å². The highest BCUT2D eigenvalue weighted by Gasteiger charge is 2.43. The molecule has 1 unspecified atom stereocenters. The van der Waals surface area contributed by atoms with Crippen LogP contribution in [0.4, 0.5) is 0 Å². The van der Waals surface area contributed by atoms with E-state index < -0.39 is 20.1 Å². The Balaban J connectivity index is 1.95. The number of benzene rings is 2. The largest absolute Gasteiger partial charge is 0.497 e. The van der Waals surface area contributed by atoms with Crippen molar-refractivity contribution in [3.8, 4) is 11.5 Å². The molecule has 26 heavy (non-hydrogen) atoms. The van der Waals surface area contributed by atoms with E-state index >= 15 is 0 Å². The van der Waals surface area contributed by atoms with Crippen molar-refractivity contribution in [1.82, 2.24) is 0 Å². The van der Waals surface area contributed by atoms with Crippen molar-refractivity contribution in [1.29, 1.82) is 0 Å². The molecule has 0 fully saturated rings. The SMILES string of the molecule is COc1ccc2c(c1)=NC(S)(S(=O)(=O)c1ccc(OCC(N)=O)cc1)N=2. The van der Waals surface area contributed by atoms with E-state index in [0.717, 1.165) is 0 Å². The van der Waals surface area contributed by atoms with Crippen molar-refractivity contribution in [2.24, 2.45) is 15.7 Å². The fourth-order valence-corrected chi connectivity index (χ4v) is 4.08. The summed E-state index contributed by atoms with van der Waals surface area (Å²) < 4.78 is 34.1. The van der Waals surface area contributed by atoms with Gasteiger partial charge in [0.2, 0.25) is 9.84 Å². The second-order valence-electron chi connectivity index (χ2n) is 5.38. The molecule has 1 heterocycles. The smallest absolute Gasteiger partial charge is 0.303 e. The molecule has 1 amide bonds. The number of fused-ring (bicyclic) bond motifs is 1. The van der Waals surface area contributed by atoms with Crippen molar-refractivity contribution < 1.29 is 22.7 Å². The molecule has 0 saturated carbocycles. The lowest BCUT2D eigenvalue weighted by molar-refractivity contribution is -0.119. The lowest BCUT2D eigenvalue weighted by Gasteiger charge is -2.17. The molecule has 1 aliphatic heterocycles. The number of nitrogens with zero attached hydrogens (tertiary/aromatic N) is 2. The summed E-state index contributed by atoms with van der Waals surface area (Å²) in [6.07, 6.45) is 0. The standard InChI is InChI=1S/C16H15N3O5S2/c1-23-11-4-7-13-14(8-11)19-16(25,18-13)26(21,22)12-5-2-10(3-6-12)24-9-15(17)20/h2-8,25H,9H2,1H3,(H2,17,20). The van der Waals surface area contributed by atoms with Gasteiger partial charge in [0.1, 0.15) is 11.5 Å². The molecule has 0 aromatic heterocycles. The molecule has 0 bridgehead atoms. The third-order valence-electron chi connectivity index (χ3n) is 3.59. The van der Waals surface area contributed by atoms with Gasteiger partial charge < -0.3 is 15.2 Å². The molecule has 10 heteroatoms. The zero-order valence-corrected chi connectivity index (χ0v) is 15.3. The lowest BCUT2D eigenvalue weighted by atomic mass is 10.3. The summed E-state index contributed by atoms with van der Waals surface area (Å²) in [5, 5.41) is 0.787. The maximum absolute atomic E-state index is 12.9. The second kappa shape index (κ2) is 6.61. The number of carbonyl (C=O) groups is 1. The van der Waals surface area contributed by atoms with E-state index in [1.807, 2.05) is 0 Å². The summed E-state index contributed by atoms with van der Waals surface area (Å²) in [7, 11) is -2.53. The molecule has 0 radical (unpaired) electrons. The lowest BCUT2D eigenvalue weighted by Crippen LogP contribution is -2.28. The highest BCUT2D eigenvalue weighted by atomic mass is 32.2. The van der Waals surface area contributed by atoms with Crippen LogP contribution in [-0.4, -0.2) is 32.4 Å². The summed E-state index contributed by atoms with van der Waals surface area (Å²) in [5.41, 5.74) is 5.00. The summed E-state index contributed by atoms with van der Waals surface area (Å²) in [6, 6.07) is 10.4. The van der Waals surface area contributed by atoms with Crippen LogP contribution in [0.3, 0.4) is 0 Å². The Morgan fingerprint density at radius 3 is 2.35 bits per heavy atom. The first-order chi connectivity index (χ1) is 12.2. The van der Waals surface area contributed by atoms with Gasteiger partial charge in [-0.3, -0.25) is 4.79 Å². The van der Waals surface area contributed by atoms with Crippen LogP contribution in [0.25, 0.3) is 0 Å². The minimum Gasteiger partial charge on any atom is -0.497 e. The number of thiol groups is 1. The molecule has 2 aromatic rings. The fraction of sp³-hybridized carbons (Fsp3) is 0.188. The summed E-state index contributed by atoms with van der Waals surface area (Å²) >= 11 is 4.22. The van der Waals surface area contributed by atoms with Crippen LogP contribution in [0.15, 0.2) is 57.3 Å². The number of methoxy groups -OCH3 is 1. The van der Waals surface area contributed by atoms with E-state index in [0.29, 0.717) is 22.2 Å². The minimum absolute atomic E-state index is 0.0359. The number of ether oxygens (including phenoxy) is 2. The molecule has 0 spiro atoms. The Bertz CT molecular complexity index is 1080. The first kappa shape index (κ1) is 18.2. The van der Waals surface area contributed by atoms with Crippen LogP contribution in [0, 0.1) is 0 Å². The molecule has 1 aliphatic rings. The number of primary amides is 1. The Morgan fingerprint density at radius 1 is 1.12 bits per heavy atom. The van der Waals surface area contributed by atoms with Gasteiger partial charge in [0, 0.05) is 6.07 Å². The Labute approximate surface area is 154 Å². The van der Waals surface area contributed by atoms with Crippen molar-refractivity contribution in [2.45, 2.75) is 9.22 Å². The first-order valence-corrected chi connectivity index (χ1v) is 9.30. The topological polar surface area (TPSA) is 120 Å². The number of amides is 1. The van der Waals surface area contributed by atoms with E-state index in [1.54, 1.807) is 18.2 Å². The van der Waals surface area contributed by atoms with Gasteiger partial charge in [-0.15, -0.1) is 12.6 Å².